The lowest BCUT2D eigenvalue weighted by molar-refractivity contribution is 0.109. The van der Waals surface area contributed by atoms with Crippen LogP contribution < -0.4 is 11.1 Å². The summed E-state index contributed by atoms with van der Waals surface area (Å²) in [4.78, 5) is 9.51. The summed E-state index contributed by atoms with van der Waals surface area (Å²) < 4.78 is 0. The molecule has 5 nitrogen and oxygen atoms in total. The minimum atomic E-state index is 0. The molecule has 3 N–H and O–H groups in total. The molecule has 1 fully saturated rings. The van der Waals surface area contributed by atoms with Gasteiger partial charge in [-0.2, -0.15) is 0 Å². The predicted octanol–water partition coefficient (Wildman–Crippen LogP) is 2.67. The summed E-state index contributed by atoms with van der Waals surface area (Å²) in [5, 5.41) is 3.20. The number of likely N-dealkylation sites (N-methyl/N-ethyl adjacent to an activating group) is 1. The van der Waals surface area contributed by atoms with Gasteiger partial charge in [0.15, 0.2) is 5.96 Å². The minimum Gasteiger partial charge on any atom is -0.370 e. The molecule has 0 amide bonds. The van der Waals surface area contributed by atoms with Crippen molar-refractivity contribution in [1.29, 1.82) is 0 Å². The van der Waals surface area contributed by atoms with Crippen LogP contribution in [-0.4, -0.2) is 61.1 Å². The quantitative estimate of drug-likeness (QED) is 0.416. The van der Waals surface area contributed by atoms with Gasteiger partial charge in [0.2, 0.25) is 0 Å². The molecule has 1 aliphatic rings. The number of aryl methyl sites for hydroxylation is 2. The first-order valence-corrected chi connectivity index (χ1v) is 8.59. The lowest BCUT2D eigenvalue weighted by Crippen LogP contribution is -2.50. The summed E-state index contributed by atoms with van der Waals surface area (Å²) in [5.41, 5.74) is 9.50. The summed E-state index contributed by atoms with van der Waals surface area (Å²) >= 11 is 0. The van der Waals surface area contributed by atoms with E-state index in [-0.39, 0.29) is 24.0 Å². The molecule has 0 aromatic heterocycles. The monoisotopic (exact) mass is 445 g/mol. The molecule has 0 radical (unpaired) electrons. The van der Waals surface area contributed by atoms with E-state index in [9.17, 15) is 0 Å². The average molecular weight is 445 g/mol. The normalized spacial score (nSPS) is 18.1. The fraction of sp³-hybridized carbons (Fsp3) is 0.611. The number of nitrogens with two attached hydrogens (primary N) is 1. The molecule has 1 saturated heterocycles. The second kappa shape index (κ2) is 10.2. The molecule has 6 heteroatoms. The Morgan fingerprint density at radius 1 is 1.17 bits per heavy atom. The Morgan fingerprint density at radius 3 is 2.29 bits per heavy atom. The van der Waals surface area contributed by atoms with Crippen molar-refractivity contribution in [1.82, 2.24) is 9.80 Å². The lowest BCUT2D eigenvalue weighted by atomic mass is 10.1. The fourth-order valence-corrected chi connectivity index (χ4v) is 3.10. The molecular weight excluding hydrogens is 413 g/mol. The van der Waals surface area contributed by atoms with Crippen molar-refractivity contribution in [2.45, 2.75) is 33.7 Å². The van der Waals surface area contributed by atoms with Gasteiger partial charge in [-0.05, 0) is 50.6 Å². The van der Waals surface area contributed by atoms with Gasteiger partial charge in [-0.3, -0.25) is 9.89 Å². The number of rotatable bonds is 5. The highest BCUT2D eigenvalue weighted by Gasteiger charge is 2.19. The number of nitrogens with one attached hydrogen (secondary N) is 1. The van der Waals surface area contributed by atoms with Gasteiger partial charge in [-0.15, -0.1) is 24.0 Å². The molecule has 1 aromatic carbocycles. The highest BCUT2D eigenvalue weighted by molar-refractivity contribution is 14.0. The maximum Gasteiger partial charge on any atom is 0.193 e. The van der Waals surface area contributed by atoms with Gasteiger partial charge >= 0.3 is 0 Å². The van der Waals surface area contributed by atoms with E-state index in [0.717, 1.165) is 45.0 Å². The summed E-state index contributed by atoms with van der Waals surface area (Å²) in [6.07, 6.45) is 0. The number of piperazine rings is 1. The Kier molecular flexibility index (Phi) is 9.01. The molecule has 1 aromatic rings. The molecule has 0 bridgehead atoms. The number of hydrogen-bond donors (Lipinski definition) is 2. The van der Waals surface area contributed by atoms with Crippen LogP contribution in [0.15, 0.2) is 23.2 Å². The fourth-order valence-electron chi connectivity index (χ4n) is 3.10. The Morgan fingerprint density at radius 2 is 1.75 bits per heavy atom. The standard InChI is InChI=1S/C18H31N5.HI/c1-5-22-6-8-23(9-7-22)16(4)13-20-18(19)21-17-11-14(2)10-15(3)12-17;/h10-12,16H,5-9,13H2,1-4H3,(H3,19,20,21);1H. The summed E-state index contributed by atoms with van der Waals surface area (Å²) in [6, 6.07) is 6.75. The SMILES string of the molecule is CCN1CCN(C(C)CN=C(N)Nc2cc(C)cc(C)c2)CC1.I. The number of halogens is 1. The third kappa shape index (κ3) is 6.57. The average Bonchev–Trinajstić information content (AvgIpc) is 2.51. The molecule has 1 heterocycles. The molecular formula is C18H32IN5. The first-order chi connectivity index (χ1) is 11.0. The van der Waals surface area contributed by atoms with Gasteiger partial charge in [-0.1, -0.05) is 13.0 Å². The molecule has 136 valence electrons. The van der Waals surface area contributed by atoms with Crippen LogP contribution in [0.1, 0.15) is 25.0 Å². The molecule has 1 unspecified atom stereocenters. The van der Waals surface area contributed by atoms with Crippen LogP contribution in [0.25, 0.3) is 0 Å². The third-order valence-electron chi connectivity index (χ3n) is 4.50. The number of benzene rings is 1. The molecule has 0 aliphatic carbocycles. The van der Waals surface area contributed by atoms with Crippen LogP contribution in [0.2, 0.25) is 0 Å². The number of aliphatic imine (C=N–C) groups is 1. The topological polar surface area (TPSA) is 56.9 Å². The van der Waals surface area contributed by atoms with E-state index in [0.29, 0.717) is 12.0 Å². The third-order valence-corrected chi connectivity index (χ3v) is 4.50. The maximum atomic E-state index is 6.04. The van der Waals surface area contributed by atoms with E-state index in [4.69, 9.17) is 5.73 Å². The molecule has 2 rings (SSSR count). The molecule has 0 spiro atoms. The first kappa shape index (κ1) is 21.2. The van der Waals surface area contributed by atoms with Crippen molar-refractivity contribution in [3.63, 3.8) is 0 Å². The van der Waals surface area contributed by atoms with Crippen molar-refractivity contribution in [2.24, 2.45) is 10.7 Å². The van der Waals surface area contributed by atoms with Crippen LogP contribution in [-0.2, 0) is 0 Å². The van der Waals surface area contributed by atoms with Gasteiger partial charge in [0.25, 0.3) is 0 Å². The number of anilines is 1. The Labute approximate surface area is 163 Å². The van der Waals surface area contributed by atoms with E-state index < -0.39 is 0 Å². The van der Waals surface area contributed by atoms with Gasteiger partial charge < -0.3 is 16.0 Å². The van der Waals surface area contributed by atoms with Gasteiger partial charge in [0.05, 0.1) is 6.54 Å². The van der Waals surface area contributed by atoms with E-state index in [1.165, 1.54) is 11.1 Å². The van der Waals surface area contributed by atoms with Crippen molar-refractivity contribution < 1.29 is 0 Å². The number of hydrogen-bond acceptors (Lipinski definition) is 3. The van der Waals surface area contributed by atoms with E-state index in [1.807, 2.05) is 0 Å². The van der Waals surface area contributed by atoms with Gasteiger partial charge in [0.1, 0.15) is 0 Å². The maximum absolute atomic E-state index is 6.04. The zero-order valence-electron chi connectivity index (χ0n) is 15.4. The Hall–Kier alpha value is -0.860. The molecule has 24 heavy (non-hydrogen) atoms. The van der Waals surface area contributed by atoms with Crippen LogP contribution in [0.5, 0.6) is 0 Å². The minimum absolute atomic E-state index is 0. The Balaban J connectivity index is 0.00000288. The summed E-state index contributed by atoms with van der Waals surface area (Å²) in [7, 11) is 0. The Bertz CT molecular complexity index is 518. The van der Waals surface area contributed by atoms with Gasteiger partial charge in [0, 0.05) is 37.9 Å². The van der Waals surface area contributed by atoms with Crippen LogP contribution in [0.3, 0.4) is 0 Å². The van der Waals surface area contributed by atoms with E-state index in [2.05, 4.69) is 66.0 Å². The second-order valence-electron chi connectivity index (χ2n) is 6.55. The zero-order valence-corrected chi connectivity index (χ0v) is 17.7. The smallest absolute Gasteiger partial charge is 0.193 e. The van der Waals surface area contributed by atoms with E-state index in [1.54, 1.807) is 0 Å². The molecule has 1 atom stereocenters. The zero-order chi connectivity index (χ0) is 16.8. The van der Waals surface area contributed by atoms with Crippen molar-refractivity contribution in [2.75, 3.05) is 44.6 Å². The van der Waals surface area contributed by atoms with Crippen LogP contribution in [0, 0.1) is 13.8 Å². The van der Waals surface area contributed by atoms with Crippen molar-refractivity contribution in [3.05, 3.63) is 29.3 Å². The molecule has 1 aliphatic heterocycles. The van der Waals surface area contributed by atoms with Crippen molar-refractivity contribution in [3.8, 4) is 0 Å². The van der Waals surface area contributed by atoms with Crippen LogP contribution >= 0.6 is 24.0 Å². The molecule has 0 saturated carbocycles. The number of nitrogens with zero attached hydrogens (tertiary/aromatic N) is 3. The predicted molar refractivity (Wildman–Crippen MR) is 115 cm³/mol. The van der Waals surface area contributed by atoms with E-state index >= 15 is 0 Å². The largest absolute Gasteiger partial charge is 0.370 e. The lowest BCUT2D eigenvalue weighted by Gasteiger charge is -2.37. The van der Waals surface area contributed by atoms with Crippen molar-refractivity contribution >= 4 is 35.6 Å². The van der Waals surface area contributed by atoms with Gasteiger partial charge in [-0.25, -0.2) is 0 Å². The highest BCUT2D eigenvalue weighted by atomic mass is 127. The first-order valence-electron chi connectivity index (χ1n) is 8.59. The second-order valence-corrected chi connectivity index (χ2v) is 6.55. The summed E-state index contributed by atoms with van der Waals surface area (Å²) in [6.45, 7) is 15.1. The highest BCUT2D eigenvalue weighted by Crippen LogP contribution is 2.13. The number of guanidine groups is 1. The van der Waals surface area contributed by atoms with Crippen LogP contribution in [0.4, 0.5) is 5.69 Å². The summed E-state index contributed by atoms with van der Waals surface area (Å²) in [5.74, 6) is 0.494.